The number of rotatable bonds is 5. The van der Waals surface area contributed by atoms with Gasteiger partial charge in [-0.3, -0.25) is 4.79 Å². The SMILES string of the molecule is CC(C)(C)c1ccc(-c2nnc(SCC(=O)Nc3cccc(Cl)c3Cl)o2)cc1. The summed E-state index contributed by atoms with van der Waals surface area (Å²) in [5.74, 6) is 0.276. The first kappa shape index (κ1) is 20.7. The Morgan fingerprint density at radius 1 is 1.11 bits per heavy atom. The number of halogens is 2. The van der Waals surface area contributed by atoms with Gasteiger partial charge in [0.1, 0.15) is 0 Å². The number of carbonyl (C=O) groups excluding carboxylic acids is 1. The molecule has 0 atom stereocenters. The van der Waals surface area contributed by atoms with E-state index in [0.29, 0.717) is 26.8 Å². The van der Waals surface area contributed by atoms with Gasteiger partial charge in [-0.1, -0.05) is 73.9 Å². The largest absolute Gasteiger partial charge is 0.411 e. The van der Waals surface area contributed by atoms with Gasteiger partial charge in [0.05, 0.1) is 21.5 Å². The van der Waals surface area contributed by atoms with E-state index in [0.717, 1.165) is 17.3 Å². The Balaban J connectivity index is 1.60. The number of amides is 1. The minimum absolute atomic E-state index is 0.0770. The fourth-order valence-corrected chi connectivity index (χ4v) is 3.32. The summed E-state index contributed by atoms with van der Waals surface area (Å²) >= 11 is 13.2. The second-order valence-electron chi connectivity index (χ2n) is 7.14. The second kappa shape index (κ2) is 8.55. The molecule has 1 amide bonds. The Morgan fingerprint density at radius 2 is 1.82 bits per heavy atom. The van der Waals surface area contributed by atoms with Gasteiger partial charge < -0.3 is 9.73 Å². The maximum Gasteiger partial charge on any atom is 0.277 e. The summed E-state index contributed by atoms with van der Waals surface area (Å²) in [5.41, 5.74) is 2.60. The van der Waals surface area contributed by atoms with Gasteiger partial charge in [-0.05, 0) is 35.2 Å². The molecule has 2 aromatic carbocycles. The Labute approximate surface area is 177 Å². The smallest absolute Gasteiger partial charge is 0.277 e. The number of anilines is 1. The van der Waals surface area contributed by atoms with Crippen molar-refractivity contribution in [2.24, 2.45) is 0 Å². The molecule has 0 spiro atoms. The van der Waals surface area contributed by atoms with Crippen LogP contribution in [0.25, 0.3) is 11.5 Å². The topological polar surface area (TPSA) is 68.0 Å². The van der Waals surface area contributed by atoms with Crippen molar-refractivity contribution in [3.8, 4) is 11.5 Å². The Bertz CT molecular complexity index is 982. The van der Waals surface area contributed by atoms with Gasteiger partial charge in [0.15, 0.2) is 0 Å². The molecule has 0 aliphatic carbocycles. The van der Waals surface area contributed by atoms with Crippen molar-refractivity contribution in [2.75, 3.05) is 11.1 Å². The molecule has 0 bridgehead atoms. The molecule has 0 radical (unpaired) electrons. The molecule has 0 aliphatic heterocycles. The number of aromatic nitrogens is 2. The quantitative estimate of drug-likeness (QED) is 0.492. The first-order chi connectivity index (χ1) is 13.2. The summed E-state index contributed by atoms with van der Waals surface area (Å²) in [5, 5.41) is 11.8. The lowest BCUT2D eigenvalue weighted by Crippen LogP contribution is -2.14. The fraction of sp³-hybridized carbons (Fsp3) is 0.250. The highest BCUT2D eigenvalue weighted by Gasteiger charge is 2.16. The maximum absolute atomic E-state index is 12.1. The molecular weight excluding hydrogens is 417 g/mol. The zero-order valence-electron chi connectivity index (χ0n) is 15.6. The van der Waals surface area contributed by atoms with E-state index in [-0.39, 0.29) is 17.1 Å². The van der Waals surface area contributed by atoms with Crippen molar-refractivity contribution in [2.45, 2.75) is 31.4 Å². The van der Waals surface area contributed by atoms with Gasteiger partial charge >= 0.3 is 0 Å². The molecule has 28 heavy (non-hydrogen) atoms. The standard InChI is InChI=1S/C20H19Cl2N3O2S/c1-20(2,3)13-9-7-12(8-10-13)18-24-25-19(27-18)28-11-16(26)23-15-6-4-5-14(21)17(15)22/h4-10H,11H2,1-3H3,(H,23,26). The molecule has 1 aromatic heterocycles. The van der Waals surface area contributed by atoms with Crippen molar-refractivity contribution in [1.29, 1.82) is 0 Å². The fourth-order valence-electron chi connectivity index (χ4n) is 2.41. The summed E-state index contributed by atoms with van der Waals surface area (Å²) in [6.07, 6.45) is 0. The van der Waals surface area contributed by atoms with Crippen molar-refractivity contribution in [1.82, 2.24) is 10.2 Å². The van der Waals surface area contributed by atoms with Gasteiger partial charge in [-0.2, -0.15) is 0 Å². The van der Waals surface area contributed by atoms with Crippen LogP contribution in [0.5, 0.6) is 0 Å². The lowest BCUT2D eigenvalue weighted by atomic mass is 9.87. The Kier molecular flexibility index (Phi) is 6.33. The van der Waals surface area contributed by atoms with E-state index in [1.54, 1.807) is 18.2 Å². The van der Waals surface area contributed by atoms with E-state index < -0.39 is 0 Å². The van der Waals surface area contributed by atoms with Gasteiger partial charge in [-0.15, -0.1) is 10.2 Å². The van der Waals surface area contributed by atoms with Crippen LogP contribution in [-0.4, -0.2) is 21.9 Å². The van der Waals surface area contributed by atoms with Gasteiger partial charge in [0.25, 0.3) is 5.22 Å². The van der Waals surface area contributed by atoms with Gasteiger partial charge in [-0.25, -0.2) is 0 Å². The molecular formula is C20H19Cl2N3O2S. The number of nitrogens with zero attached hydrogens (tertiary/aromatic N) is 2. The number of hydrogen-bond acceptors (Lipinski definition) is 5. The van der Waals surface area contributed by atoms with Crippen molar-refractivity contribution in [3.63, 3.8) is 0 Å². The van der Waals surface area contributed by atoms with Crippen LogP contribution in [0.2, 0.25) is 10.0 Å². The zero-order chi connectivity index (χ0) is 20.3. The van der Waals surface area contributed by atoms with Gasteiger partial charge in [0, 0.05) is 5.56 Å². The zero-order valence-corrected chi connectivity index (χ0v) is 18.0. The number of nitrogens with one attached hydrogen (secondary N) is 1. The molecule has 0 unspecified atom stereocenters. The molecule has 3 rings (SSSR count). The van der Waals surface area contributed by atoms with Crippen LogP contribution < -0.4 is 5.32 Å². The number of benzene rings is 2. The van der Waals surface area contributed by atoms with Crippen LogP contribution in [0.4, 0.5) is 5.69 Å². The van der Waals surface area contributed by atoms with E-state index in [4.69, 9.17) is 27.6 Å². The highest BCUT2D eigenvalue weighted by atomic mass is 35.5. The summed E-state index contributed by atoms with van der Waals surface area (Å²) in [7, 11) is 0. The van der Waals surface area contributed by atoms with Gasteiger partial charge in [0.2, 0.25) is 11.8 Å². The summed E-state index contributed by atoms with van der Waals surface area (Å²) in [4.78, 5) is 12.1. The average Bonchev–Trinajstić information content (AvgIpc) is 3.12. The van der Waals surface area contributed by atoms with Crippen molar-refractivity contribution >= 4 is 46.6 Å². The molecule has 0 saturated carbocycles. The summed E-state index contributed by atoms with van der Waals surface area (Å²) in [6.45, 7) is 6.47. The number of hydrogen-bond donors (Lipinski definition) is 1. The van der Waals surface area contributed by atoms with E-state index in [2.05, 4.69) is 48.4 Å². The van der Waals surface area contributed by atoms with E-state index in [9.17, 15) is 4.79 Å². The van der Waals surface area contributed by atoms with Crippen LogP contribution in [0.3, 0.4) is 0 Å². The van der Waals surface area contributed by atoms with Crippen LogP contribution in [0.15, 0.2) is 52.1 Å². The predicted octanol–water partition coefficient (Wildman–Crippen LogP) is 6.07. The molecule has 5 nitrogen and oxygen atoms in total. The molecule has 0 saturated heterocycles. The van der Waals surface area contributed by atoms with Crippen molar-refractivity contribution in [3.05, 3.63) is 58.1 Å². The molecule has 0 aliphatic rings. The summed E-state index contributed by atoms with van der Waals surface area (Å²) in [6, 6.07) is 13.1. The minimum Gasteiger partial charge on any atom is -0.411 e. The first-order valence-electron chi connectivity index (χ1n) is 8.55. The number of carbonyl (C=O) groups is 1. The normalized spacial score (nSPS) is 11.5. The average molecular weight is 436 g/mol. The van der Waals surface area contributed by atoms with Crippen LogP contribution in [0.1, 0.15) is 26.3 Å². The van der Waals surface area contributed by atoms with E-state index in [1.807, 2.05) is 12.1 Å². The lowest BCUT2D eigenvalue weighted by molar-refractivity contribution is -0.113. The maximum atomic E-state index is 12.1. The van der Waals surface area contributed by atoms with E-state index in [1.165, 1.54) is 5.56 Å². The molecule has 3 aromatic rings. The lowest BCUT2D eigenvalue weighted by Gasteiger charge is -2.18. The molecule has 1 heterocycles. The minimum atomic E-state index is -0.247. The van der Waals surface area contributed by atoms with Crippen molar-refractivity contribution < 1.29 is 9.21 Å². The summed E-state index contributed by atoms with van der Waals surface area (Å²) < 4.78 is 5.65. The van der Waals surface area contributed by atoms with Crippen LogP contribution in [-0.2, 0) is 10.2 Å². The molecule has 1 N–H and O–H groups in total. The third-order valence-corrected chi connectivity index (χ3v) is 5.59. The van der Waals surface area contributed by atoms with Crippen LogP contribution in [0, 0.1) is 0 Å². The highest BCUT2D eigenvalue weighted by Crippen LogP contribution is 2.30. The third-order valence-electron chi connectivity index (χ3n) is 3.96. The molecule has 0 fully saturated rings. The number of thioether (sulfide) groups is 1. The third kappa shape index (κ3) is 5.07. The molecule has 146 valence electrons. The monoisotopic (exact) mass is 435 g/mol. The Hall–Kier alpha value is -2.02. The predicted molar refractivity (Wildman–Crippen MR) is 114 cm³/mol. The van der Waals surface area contributed by atoms with Crippen LogP contribution >= 0.6 is 35.0 Å². The Morgan fingerprint density at radius 3 is 2.50 bits per heavy atom. The second-order valence-corrected chi connectivity index (χ2v) is 8.85. The highest BCUT2D eigenvalue weighted by molar-refractivity contribution is 7.99. The molecule has 8 heteroatoms. The first-order valence-corrected chi connectivity index (χ1v) is 10.3. The van der Waals surface area contributed by atoms with E-state index >= 15 is 0 Å².